The number of nitrogens with zero attached hydrogens (tertiary/aromatic N) is 1. The molecule has 7 heteroatoms. The highest BCUT2D eigenvalue weighted by molar-refractivity contribution is 8.18. The van der Waals surface area contributed by atoms with Crippen LogP contribution < -0.4 is 14.8 Å². The molecule has 1 aliphatic heterocycles. The molecule has 2 amide bonds. The second-order valence-electron chi connectivity index (χ2n) is 4.52. The van der Waals surface area contributed by atoms with Crippen LogP contribution in [0.2, 0.25) is 0 Å². The summed E-state index contributed by atoms with van der Waals surface area (Å²) in [6.45, 7) is 5.33. The highest BCUT2D eigenvalue weighted by Gasteiger charge is 2.22. The highest BCUT2D eigenvalue weighted by Crippen LogP contribution is 2.32. The van der Waals surface area contributed by atoms with E-state index < -0.39 is 0 Å². The lowest BCUT2D eigenvalue weighted by atomic mass is 10.2. The van der Waals surface area contributed by atoms with Crippen molar-refractivity contribution in [3.63, 3.8) is 0 Å². The van der Waals surface area contributed by atoms with E-state index >= 15 is 0 Å². The molecule has 1 aliphatic rings. The van der Waals surface area contributed by atoms with Crippen molar-refractivity contribution in [2.24, 2.45) is 4.99 Å². The molecule has 1 N–H and O–H groups in total. The Morgan fingerprint density at radius 2 is 2.22 bits per heavy atom. The predicted octanol–water partition coefficient (Wildman–Crippen LogP) is 2.37. The maximum Gasteiger partial charge on any atom is 0.286 e. The van der Waals surface area contributed by atoms with Gasteiger partial charge in [0, 0.05) is 6.92 Å². The molecule has 0 aromatic heterocycles. The van der Waals surface area contributed by atoms with E-state index in [0.29, 0.717) is 23.0 Å². The molecule has 0 saturated carbocycles. The van der Waals surface area contributed by atoms with E-state index in [0.717, 1.165) is 17.3 Å². The lowest BCUT2D eigenvalue weighted by molar-refractivity contribution is -0.117. The summed E-state index contributed by atoms with van der Waals surface area (Å²) in [6, 6.07) is 5.32. The Morgan fingerprint density at radius 3 is 2.87 bits per heavy atom. The third kappa shape index (κ3) is 4.46. The van der Waals surface area contributed by atoms with E-state index in [1.165, 1.54) is 6.92 Å². The van der Waals surface area contributed by atoms with E-state index in [2.05, 4.69) is 16.9 Å². The van der Waals surface area contributed by atoms with Crippen LogP contribution in [0, 0.1) is 0 Å². The molecule has 0 radical (unpaired) electrons. The predicted molar refractivity (Wildman–Crippen MR) is 90.5 cm³/mol. The average Bonchev–Trinajstić information content (AvgIpc) is 2.84. The van der Waals surface area contributed by atoms with Crippen LogP contribution in [-0.4, -0.2) is 30.7 Å². The molecular weight excluding hydrogens is 316 g/mol. The lowest BCUT2D eigenvalue weighted by Gasteiger charge is -2.10. The van der Waals surface area contributed by atoms with Gasteiger partial charge in [-0.05, 0) is 35.5 Å². The zero-order valence-electron chi connectivity index (χ0n) is 12.8. The summed E-state index contributed by atoms with van der Waals surface area (Å²) in [5.41, 5.74) is 0.767. The monoisotopic (exact) mass is 332 g/mol. The van der Waals surface area contributed by atoms with Crippen LogP contribution in [0.15, 0.2) is 40.8 Å². The minimum Gasteiger partial charge on any atom is -0.493 e. The number of rotatable bonds is 5. The first-order chi connectivity index (χ1) is 11.0. The Bertz CT molecular complexity index is 710. The van der Waals surface area contributed by atoms with Crippen molar-refractivity contribution in [1.82, 2.24) is 5.32 Å². The average molecular weight is 332 g/mol. The number of thioether (sulfide) groups is 1. The normalized spacial score (nSPS) is 15.3. The van der Waals surface area contributed by atoms with Crippen LogP contribution in [0.1, 0.15) is 12.5 Å². The largest absolute Gasteiger partial charge is 0.493 e. The number of hydrogen-bond donors (Lipinski definition) is 1. The second-order valence-corrected chi connectivity index (χ2v) is 5.55. The molecule has 0 spiro atoms. The van der Waals surface area contributed by atoms with Gasteiger partial charge < -0.3 is 14.8 Å². The molecule has 23 heavy (non-hydrogen) atoms. The fourth-order valence-corrected chi connectivity index (χ4v) is 2.67. The minimum atomic E-state index is -0.385. The number of carbonyl (C=O) groups is 2. The summed E-state index contributed by atoms with van der Waals surface area (Å²) in [4.78, 5) is 27.1. The Morgan fingerprint density at radius 1 is 1.43 bits per heavy atom. The number of hydrogen-bond acceptors (Lipinski definition) is 5. The molecule has 0 atom stereocenters. The Balaban J connectivity index is 2.18. The van der Waals surface area contributed by atoms with Gasteiger partial charge in [-0.3, -0.25) is 9.59 Å². The molecule has 0 bridgehead atoms. The quantitative estimate of drug-likeness (QED) is 0.662. The summed E-state index contributed by atoms with van der Waals surface area (Å²) in [5, 5.41) is 2.78. The van der Waals surface area contributed by atoms with E-state index in [1.807, 2.05) is 0 Å². The van der Waals surface area contributed by atoms with Gasteiger partial charge in [0.2, 0.25) is 5.91 Å². The maximum absolute atomic E-state index is 11.8. The summed E-state index contributed by atoms with van der Waals surface area (Å²) in [6.07, 6.45) is 3.33. The zero-order chi connectivity index (χ0) is 16.8. The third-order valence-electron chi connectivity index (χ3n) is 2.75. The number of amidine groups is 1. The number of carbonyl (C=O) groups excluding carboxylic acids is 2. The van der Waals surface area contributed by atoms with E-state index in [1.54, 1.807) is 37.5 Å². The molecule has 0 fully saturated rings. The van der Waals surface area contributed by atoms with Gasteiger partial charge in [0.25, 0.3) is 5.91 Å². The van der Waals surface area contributed by atoms with Gasteiger partial charge in [0.1, 0.15) is 6.61 Å². The number of nitrogens with one attached hydrogen (secondary N) is 1. The van der Waals surface area contributed by atoms with E-state index in [4.69, 9.17) is 9.47 Å². The van der Waals surface area contributed by atoms with Gasteiger partial charge in [0.15, 0.2) is 16.7 Å². The molecule has 1 heterocycles. The lowest BCUT2D eigenvalue weighted by Crippen LogP contribution is -2.23. The molecule has 120 valence electrons. The van der Waals surface area contributed by atoms with Gasteiger partial charge in [0.05, 0.1) is 12.0 Å². The smallest absolute Gasteiger partial charge is 0.286 e. The van der Waals surface area contributed by atoms with Crippen LogP contribution in [0.3, 0.4) is 0 Å². The first-order valence-electron chi connectivity index (χ1n) is 6.75. The van der Waals surface area contributed by atoms with Crippen molar-refractivity contribution in [2.75, 3.05) is 13.7 Å². The van der Waals surface area contributed by atoms with Crippen LogP contribution in [0.25, 0.3) is 6.08 Å². The molecule has 6 nitrogen and oxygen atoms in total. The van der Waals surface area contributed by atoms with Crippen molar-refractivity contribution in [1.29, 1.82) is 0 Å². The third-order valence-corrected chi connectivity index (χ3v) is 3.64. The van der Waals surface area contributed by atoms with Gasteiger partial charge in [-0.2, -0.15) is 4.99 Å². The molecule has 0 unspecified atom stereocenters. The van der Waals surface area contributed by atoms with E-state index in [9.17, 15) is 9.59 Å². The highest BCUT2D eigenvalue weighted by atomic mass is 32.2. The topological polar surface area (TPSA) is 77.0 Å². The molecule has 0 aliphatic carbocycles. The first-order valence-corrected chi connectivity index (χ1v) is 7.57. The zero-order valence-corrected chi connectivity index (χ0v) is 13.6. The van der Waals surface area contributed by atoms with Crippen LogP contribution in [0.4, 0.5) is 0 Å². The summed E-state index contributed by atoms with van der Waals surface area (Å²) < 4.78 is 10.8. The fourth-order valence-electron chi connectivity index (χ4n) is 1.81. The molecule has 1 aromatic carbocycles. The van der Waals surface area contributed by atoms with Gasteiger partial charge >= 0.3 is 0 Å². The standard InChI is InChI=1S/C16H16N2O4S/c1-4-7-22-12-6-5-11(8-13(12)21-3)9-14-15(20)18-16(23-14)17-10(2)19/h4-6,8-9H,1,7H2,2-3H3,(H,17,18,19,20)/b14-9-. The van der Waals surface area contributed by atoms with Crippen molar-refractivity contribution < 1.29 is 19.1 Å². The van der Waals surface area contributed by atoms with Crippen LogP contribution >= 0.6 is 11.8 Å². The summed E-state index contributed by atoms with van der Waals surface area (Å²) in [5.74, 6) is 0.496. The number of ether oxygens (including phenoxy) is 2. The number of amides is 2. The Kier molecular flexibility index (Phi) is 5.59. The maximum atomic E-state index is 11.8. The van der Waals surface area contributed by atoms with Crippen molar-refractivity contribution in [3.8, 4) is 11.5 Å². The molecular formula is C16H16N2O4S. The fraction of sp³-hybridized carbons (Fsp3) is 0.188. The molecule has 1 aromatic rings. The van der Waals surface area contributed by atoms with E-state index in [-0.39, 0.29) is 17.0 Å². The second kappa shape index (κ2) is 7.64. The van der Waals surface area contributed by atoms with Crippen LogP contribution in [-0.2, 0) is 9.59 Å². The number of benzene rings is 1. The summed E-state index contributed by atoms with van der Waals surface area (Å²) >= 11 is 1.12. The SMILES string of the molecule is C=CCOc1ccc(/C=C2\SC(NC(C)=O)=NC2=O)cc1OC. The van der Waals surface area contributed by atoms with Gasteiger partial charge in [-0.15, -0.1) is 0 Å². The Labute approximate surface area is 138 Å². The van der Waals surface area contributed by atoms with Gasteiger partial charge in [-0.25, -0.2) is 0 Å². The van der Waals surface area contributed by atoms with Crippen LogP contribution in [0.5, 0.6) is 11.5 Å². The van der Waals surface area contributed by atoms with Crippen molar-refractivity contribution >= 4 is 34.8 Å². The first kappa shape index (κ1) is 16.8. The molecule has 0 saturated heterocycles. The number of aliphatic imine (C=N–C) groups is 1. The summed E-state index contributed by atoms with van der Waals surface area (Å²) in [7, 11) is 1.54. The minimum absolute atomic E-state index is 0.268. The number of methoxy groups -OCH3 is 1. The Hall–Kier alpha value is -2.54. The van der Waals surface area contributed by atoms with Crippen molar-refractivity contribution in [3.05, 3.63) is 41.3 Å². The van der Waals surface area contributed by atoms with Crippen molar-refractivity contribution in [2.45, 2.75) is 6.92 Å². The van der Waals surface area contributed by atoms with Gasteiger partial charge in [-0.1, -0.05) is 18.7 Å². The molecule has 2 rings (SSSR count).